The Labute approximate surface area is 165 Å². The molecule has 5 rings (SSSR count). The fourth-order valence-corrected chi connectivity index (χ4v) is 4.56. The van der Waals surface area contributed by atoms with Crippen molar-refractivity contribution in [3.63, 3.8) is 0 Å². The number of hydrogen-bond donors (Lipinski definition) is 1. The molecule has 3 heterocycles. The number of para-hydroxylation sites is 1. The number of rotatable bonds is 4. The second-order valence-corrected chi connectivity index (χ2v) is 7.93. The van der Waals surface area contributed by atoms with E-state index in [0.29, 0.717) is 12.8 Å². The number of aromatic nitrogens is 1. The van der Waals surface area contributed by atoms with Crippen LogP contribution >= 0.6 is 0 Å². The first-order valence-corrected chi connectivity index (χ1v) is 10.1. The number of likely N-dealkylation sites (tertiary alicyclic amines) is 1. The first kappa shape index (κ1) is 17.4. The van der Waals surface area contributed by atoms with E-state index < -0.39 is 0 Å². The SMILES string of the molecule is Cc1c(CN2CCC[C@@H](Nc3ccc4c(c3)OCO4)C2)c2ccccc2n1C. The van der Waals surface area contributed by atoms with Crippen LogP contribution in [0.3, 0.4) is 0 Å². The maximum Gasteiger partial charge on any atom is 0.231 e. The van der Waals surface area contributed by atoms with E-state index in [0.717, 1.165) is 36.8 Å². The monoisotopic (exact) mass is 377 g/mol. The Balaban J connectivity index is 1.31. The summed E-state index contributed by atoms with van der Waals surface area (Å²) in [7, 11) is 2.17. The number of nitrogens with zero attached hydrogens (tertiary/aromatic N) is 2. The predicted molar refractivity (Wildman–Crippen MR) is 112 cm³/mol. The molecule has 2 aromatic carbocycles. The molecule has 2 aliphatic rings. The highest BCUT2D eigenvalue weighted by molar-refractivity contribution is 5.85. The molecule has 1 N–H and O–H groups in total. The molecule has 1 saturated heterocycles. The van der Waals surface area contributed by atoms with Gasteiger partial charge in [-0.25, -0.2) is 0 Å². The summed E-state index contributed by atoms with van der Waals surface area (Å²) in [6, 6.07) is 15.3. The first-order chi connectivity index (χ1) is 13.7. The van der Waals surface area contributed by atoms with Gasteiger partial charge < -0.3 is 19.4 Å². The van der Waals surface area contributed by atoms with E-state index in [4.69, 9.17) is 9.47 Å². The molecule has 0 aliphatic carbocycles. The molecule has 0 saturated carbocycles. The Morgan fingerprint density at radius 1 is 1.11 bits per heavy atom. The lowest BCUT2D eigenvalue weighted by Crippen LogP contribution is -2.41. The third-order valence-electron chi connectivity index (χ3n) is 6.16. The van der Waals surface area contributed by atoms with Gasteiger partial charge in [-0.3, -0.25) is 4.90 Å². The zero-order chi connectivity index (χ0) is 19.1. The number of anilines is 1. The van der Waals surface area contributed by atoms with Gasteiger partial charge in [-0.2, -0.15) is 0 Å². The van der Waals surface area contributed by atoms with E-state index in [2.05, 4.69) is 65.2 Å². The summed E-state index contributed by atoms with van der Waals surface area (Å²) in [4.78, 5) is 2.59. The van der Waals surface area contributed by atoms with Crippen molar-refractivity contribution in [2.24, 2.45) is 7.05 Å². The molecular formula is C23H27N3O2. The molecule has 3 aromatic rings. The van der Waals surface area contributed by atoms with Crippen molar-refractivity contribution in [3.05, 3.63) is 53.7 Å². The lowest BCUT2D eigenvalue weighted by atomic mass is 10.0. The second-order valence-electron chi connectivity index (χ2n) is 7.93. The van der Waals surface area contributed by atoms with Crippen LogP contribution in [0.25, 0.3) is 10.9 Å². The van der Waals surface area contributed by atoms with Crippen LogP contribution in [0.15, 0.2) is 42.5 Å². The normalized spacial score (nSPS) is 19.3. The van der Waals surface area contributed by atoms with E-state index >= 15 is 0 Å². The van der Waals surface area contributed by atoms with Crippen molar-refractivity contribution >= 4 is 16.6 Å². The minimum atomic E-state index is 0.320. The molecule has 0 spiro atoms. The standard InChI is InChI=1S/C23H27N3O2/c1-16-20(19-7-3-4-8-21(19)25(16)2)14-26-11-5-6-18(13-26)24-17-9-10-22-23(12-17)28-15-27-22/h3-4,7-10,12,18,24H,5-6,11,13-15H2,1-2H3/t18-/m1/s1. The molecule has 2 aliphatic heterocycles. The van der Waals surface area contributed by atoms with Gasteiger partial charge in [0.1, 0.15) is 0 Å². The number of piperidine rings is 1. The van der Waals surface area contributed by atoms with Crippen molar-refractivity contribution in [3.8, 4) is 11.5 Å². The van der Waals surface area contributed by atoms with Crippen LogP contribution in [-0.4, -0.2) is 35.4 Å². The van der Waals surface area contributed by atoms with Crippen LogP contribution in [0.1, 0.15) is 24.1 Å². The molecule has 0 unspecified atom stereocenters. The smallest absolute Gasteiger partial charge is 0.231 e. The molecule has 1 atom stereocenters. The van der Waals surface area contributed by atoms with Crippen LogP contribution in [0, 0.1) is 6.92 Å². The Bertz CT molecular complexity index is 1010. The average molecular weight is 377 g/mol. The molecule has 1 fully saturated rings. The molecule has 5 nitrogen and oxygen atoms in total. The van der Waals surface area contributed by atoms with Gasteiger partial charge in [0, 0.05) is 54.5 Å². The highest BCUT2D eigenvalue weighted by Crippen LogP contribution is 2.35. The Kier molecular flexibility index (Phi) is 4.40. The lowest BCUT2D eigenvalue weighted by molar-refractivity contribution is 0.174. The van der Waals surface area contributed by atoms with Gasteiger partial charge in [-0.15, -0.1) is 0 Å². The molecular weight excluding hydrogens is 350 g/mol. The molecule has 0 radical (unpaired) electrons. The zero-order valence-corrected chi connectivity index (χ0v) is 16.6. The third kappa shape index (κ3) is 3.10. The number of benzene rings is 2. The van der Waals surface area contributed by atoms with Crippen molar-refractivity contribution in [2.75, 3.05) is 25.2 Å². The summed E-state index contributed by atoms with van der Waals surface area (Å²) in [6.07, 6.45) is 2.41. The Morgan fingerprint density at radius 3 is 2.89 bits per heavy atom. The van der Waals surface area contributed by atoms with Gasteiger partial charge in [0.05, 0.1) is 0 Å². The predicted octanol–water partition coefficient (Wildman–Crippen LogP) is 4.29. The van der Waals surface area contributed by atoms with Crippen molar-refractivity contribution < 1.29 is 9.47 Å². The van der Waals surface area contributed by atoms with E-state index in [1.807, 2.05) is 6.07 Å². The minimum Gasteiger partial charge on any atom is -0.454 e. The lowest BCUT2D eigenvalue weighted by Gasteiger charge is -2.33. The first-order valence-electron chi connectivity index (χ1n) is 10.1. The summed E-state index contributed by atoms with van der Waals surface area (Å²) >= 11 is 0. The van der Waals surface area contributed by atoms with Crippen LogP contribution in [0.5, 0.6) is 11.5 Å². The topological polar surface area (TPSA) is 38.7 Å². The zero-order valence-electron chi connectivity index (χ0n) is 16.6. The Morgan fingerprint density at radius 2 is 1.96 bits per heavy atom. The summed E-state index contributed by atoms with van der Waals surface area (Å²) in [5.74, 6) is 1.67. The number of hydrogen-bond acceptors (Lipinski definition) is 4. The highest BCUT2D eigenvalue weighted by atomic mass is 16.7. The van der Waals surface area contributed by atoms with E-state index in [1.54, 1.807) is 0 Å². The molecule has 28 heavy (non-hydrogen) atoms. The molecule has 0 amide bonds. The van der Waals surface area contributed by atoms with Gasteiger partial charge in [0.25, 0.3) is 0 Å². The summed E-state index contributed by atoms with van der Waals surface area (Å²) < 4.78 is 13.2. The quantitative estimate of drug-likeness (QED) is 0.736. The number of aryl methyl sites for hydroxylation is 1. The van der Waals surface area contributed by atoms with Crippen LogP contribution < -0.4 is 14.8 Å². The highest BCUT2D eigenvalue weighted by Gasteiger charge is 2.23. The summed E-state index contributed by atoms with van der Waals surface area (Å²) in [6.45, 7) is 5.77. The van der Waals surface area contributed by atoms with Gasteiger partial charge in [0.15, 0.2) is 11.5 Å². The molecule has 0 bridgehead atoms. The minimum absolute atomic E-state index is 0.320. The maximum absolute atomic E-state index is 5.51. The average Bonchev–Trinajstić information content (AvgIpc) is 3.27. The van der Waals surface area contributed by atoms with E-state index in [9.17, 15) is 0 Å². The Hall–Kier alpha value is -2.66. The third-order valence-corrected chi connectivity index (χ3v) is 6.16. The second kappa shape index (κ2) is 7.06. The summed E-state index contributed by atoms with van der Waals surface area (Å²) in [5, 5.41) is 5.08. The van der Waals surface area contributed by atoms with Crippen molar-refractivity contribution in [2.45, 2.75) is 32.4 Å². The van der Waals surface area contributed by atoms with E-state index in [-0.39, 0.29) is 0 Å². The van der Waals surface area contributed by atoms with Crippen molar-refractivity contribution in [1.82, 2.24) is 9.47 Å². The van der Waals surface area contributed by atoms with E-state index in [1.165, 1.54) is 35.0 Å². The fourth-order valence-electron chi connectivity index (χ4n) is 4.56. The molecule has 1 aromatic heterocycles. The largest absolute Gasteiger partial charge is 0.454 e. The van der Waals surface area contributed by atoms with Gasteiger partial charge in [0.2, 0.25) is 6.79 Å². The molecule has 146 valence electrons. The van der Waals surface area contributed by atoms with Gasteiger partial charge in [-0.05, 0) is 50.1 Å². The maximum atomic E-state index is 5.51. The molecule has 5 heteroatoms. The number of nitrogens with one attached hydrogen (secondary N) is 1. The fraction of sp³-hybridized carbons (Fsp3) is 0.391. The van der Waals surface area contributed by atoms with Crippen LogP contribution in [0.4, 0.5) is 5.69 Å². The van der Waals surface area contributed by atoms with Gasteiger partial charge in [-0.1, -0.05) is 18.2 Å². The number of fused-ring (bicyclic) bond motifs is 2. The van der Waals surface area contributed by atoms with Gasteiger partial charge >= 0.3 is 0 Å². The number of ether oxygens (including phenoxy) is 2. The summed E-state index contributed by atoms with van der Waals surface area (Å²) in [5.41, 5.74) is 5.26. The van der Waals surface area contributed by atoms with Crippen LogP contribution in [-0.2, 0) is 13.6 Å². The van der Waals surface area contributed by atoms with Crippen LogP contribution in [0.2, 0.25) is 0 Å². The van der Waals surface area contributed by atoms with Crippen molar-refractivity contribution in [1.29, 1.82) is 0 Å².